The third kappa shape index (κ3) is 2.75. The Morgan fingerprint density at radius 3 is 2.48 bits per heavy atom. The van der Waals surface area contributed by atoms with E-state index in [2.05, 4.69) is 0 Å². The molecular weight excluding hydrogens is 391 g/mol. The second kappa shape index (κ2) is 6.47. The predicted molar refractivity (Wildman–Crippen MR) is 96.2 cm³/mol. The molecule has 1 unspecified atom stereocenters. The van der Waals surface area contributed by atoms with Crippen molar-refractivity contribution in [3.63, 3.8) is 0 Å². The van der Waals surface area contributed by atoms with Gasteiger partial charge < -0.3 is 24.6 Å². The van der Waals surface area contributed by atoms with Crippen molar-refractivity contribution in [1.82, 2.24) is 4.90 Å². The lowest BCUT2D eigenvalue weighted by molar-refractivity contribution is -0.188. The lowest BCUT2D eigenvalue weighted by Crippen LogP contribution is -2.48. The first-order chi connectivity index (χ1) is 13.7. The van der Waals surface area contributed by atoms with Gasteiger partial charge in [-0.2, -0.15) is 13.2 Å². The number of halogens is 3. The molecule has 0 bridgehead atoms. The summed E-state index contributed by atoms with van der Waals surface area (Å²) in [6.45, 7) is -0.159. The Kier molecular flexibility index (Phi) is 4.29. The number of phenolic OH excluding ortho intramolecular Hbond substituents is 2. The molecule has 2 N–H and O–H groups in total. The smallest absolute Gasteiger partial charge is 0.471 e. The van der Waals surface area contributed by atoms with E-state index in [-0.39, 0.29) is 42.4 Å². The van der Waals surface area contributed by atoms with Gasteiger partial charge in [-0.05, 0) is 41.7 Å². The Morgan fingerprint density at radius 2 is 1.86 bits per heavy atom. The number of phenols is 2. The highest BCUT2D eigenvalue weighted by molar-refractivity contribution is 5.89. The Bertz CT molecular complexity index is 1020. The minimum absolute atomic E-state index is 0.0584. The van der Waals surface area contributed by atoms with E-state index in [1.807, 2.05) is 0 Å². The molecule has 2 aromatic carbocycles. The Morgan fingerprint density at radius 1 is 1.17 bits per heavy atom. The van der Waals surface area contributed by atoms with Crippen molar-refractivity contribution in [2.24, 2.45) is 0 Å². The van der Waals surface area contributed by atoms with Crippen LogP contribution < -0.4 is 9.47 Å². The van der Waals surface area contributed by atoms with E-state index in [0.29, 0.717) is 27.8 Å². The van der Waals surface area contributed by atoms with E-state index in [1.165, 1.54) is 26.4 Å². The standard InChI is InChI=1S/C20H18F3NO5/c1-28-17-12-5-6-24(19(27)20(21,22)23)13-8-9-7-10(25)3-4-11(9)15(14(12)13)16(26)18(17)29-2/h3-4,7,13,25-26H,5-6,8H2,1-2H3. The zero-order chi connectivity index (χ0) is 21.1. The molecule has 0 saturated carbocycles. The number of aromatic hydroxyl groups is 2. The van der Waals surface area contributed by atoms with E-state index in [0.717, 1.165) is 4.90 Å². The molecular formula is C20H18F3NO5. The summed E-state index contributed by atoms with van der Waals surface area (Å²) in [5.41, 5.74) is 2.41. The van der Waals surface area contributed by atoms with Gasteiger partial charge in [0.25, 0.3) is 0 Å². The van der Waals surface area contributed by atoms with Crippen LogP contribution in [0, 0.1) is 0 Å². The summed E-state index contributed by atoms with van der Waals surface area (Å²) in [6.07, 6.45) is -4.83. The van der Waals surface area contributed by atoms with Crippen LogP contribution in [-0.2, 0) is 17.6 Å². The number of carbonyl (C=O) groups is 1. The van der Waals surface area contributed by atoms with Crippen LogP contribution >= 0.6 is 0 Å². The highest BCUT2D eigenvalue weighted by Gasteiger charge is 2.49. The summed E-state index contributed by atoms with van der Waals surface area (Å²) >= 11 is 0. The fourth-order valence-electron chi connectivity index (χ4n) is 4.42. The van der Waals surface area contributed by atoms with E-state index < -0.39 is 18.1 Å². The quantitative estimate of drug-likeness (QED) is 0.796. The second-order valence-electron chi connectivity index (χ2n) is 6.99. The molecule has 0 fully saturated rings. The minimum Gasteiger partial charge on any atom is -0.508 e. The maximum absolute atomic E-state index is 13.2. The molecule has 154 valence electrons. The number of fused-ring (bicyclic) bond motifs is 2. The molecule has 4 rings (SSSR count). The molecule has 1 heterocycles. The number of hydrogen-bond acceptors (Lipinski definition) is 5. The van der Waals surface area contributed by atoms with Gasteiger partial charge >= 0.3 is 12.1 Å². The monoisotopic (exact) mass is 409 g/mol. The third-order valence-corrected chi connectivity index (χ3v) is 5.52. The second-order valence-corrected chi connectivity index (χ2v) is 6.99. The summed E-state index contributed by atoms with van der Waals surface area (Å²) in [5.74, 6) is -1.94. The normalized spacial score (nSPS) is 17.4. The number of methoxy groups -OCH3 is 2. The highest BCUT2D eigenvalue weighted by Crippen LogP contribution is 2.57. The van der Waals surface area contributed by atoms with Gasteiger partial charge in [0.1, 0.15) is 5.75 Å². The molecule has 1 amide bonds. The van der Waals surface area contributed by atoms with Gasteiger partial charge in [0.15, 0.2) is 11.5 Å². The number of alkyl halides is 3. The first-order valence-electron chi connectivity index (χ1n) is 8.88. The van der Waals surface area contributed by atoms with E-state index in [1.54, 1.807) is 6.07 Å². The molecule has 0 radical (unpaired) electrons. The molecule has 29 heavy (non-hydrogen) atoms. The van der Waals surface area contributed by atoms with Crippen LogP contribution in [0.3, 0.4) is 0 Å². The zero-order valence-corrected chi connectivity index (χ0v) is 15.6. The molecule has 2 aliphatic rings. The van der Waals surface area contributed by atoms with Crippen molar-refractivity contribution in [3.05, 3.63) is 34.9 Å². The highest BCUT2D eigenvalue weighted by atomic mass is 19.4. The van der Waals surface area contributed by atoms with Crippen molar-refractivity contribution in [2.75, 3.05) is 20.8 Å². The summed E-state index contributed by atoms with van der Waals surface area (Å²) in [4.78, 5) is 12.9. The fraction of sp³-hybridized carbons (Fsp3) is 0.350. The first kappa shape index (κ1) is 19.2. The number of ether oxygens (including phenoxy) is 2. The molecule has 9 heteroatoms. The Labute approximate surface area is 164 Å². The first-order valence-corrected chi connectivity index (χ1v) is 8.88. The Balaban J connectivity index is 2.03. The van der Waals surface area contributed by atoms with Gasteiger partial charge in [-0.3, -0.25) is 4.79 Å². The van der Waals surface area contributed by atoms with Gasteiger partial charge in [-0.25, -0.2) is 0 Å². The van der Waals surface area contributed by atoms with Crippen molar-refractivity contribution >= 4 is 5.91 Å². The summed E-state index contributed by atoms with van der Waals surface area (Å²) in [7, 11) is 2.74. The predicted octanol–water partition coefficient (Wildman–Crippen LogP) is 3.33. The van der Waals surface area contributed by atoms with Crippen molar-refractivity contribution < 1.29 is 37.7 Å². The molecule has 1 aliphatic carbocycles. The number of amides is 1. The van der Waals surface area contributed by atoms with Gasteiger partial charge in [0.2, 0.25) is 5.75 Å². The minimum atomic E-state index is -5.02. The number of rotatable bonds is 2. The van der Waals surface area contributed by atoms with Crippen LogP contribution in [-0.4, -0.2) is 48.0 Å². The molecule has 2 aromatic rings. The maximum atomic E-state index is 13.2. The van der Waals surface area contributed by atoms with Crippen LogP contribution in [0.15, 0.2) is 18.2 Å². The topological polar surface area (TPSA) is 79.2 Å². The van der Waals surface area contributed by atoms with Gasteiger partial charge in [0, 0.05) is 17.7 Å². The number of hydrogen-bond donors (Lipinski definition) is 2. The van der Waals surface area contributed by atoms with Gasteiger partial charge in [-0.15, -0.1) is 0 Å². The van der Waals surface area contributed by atoms with Crippen molar-refractivity contribution in [1.29, 1.82) is 0 Å². The van der Waals surface area contributed by atoms with Gasteiger partial charge in [0.05, 0.1) is 20.3 Å². The van der Waals surface area contributed by atoms with Crippen molar-refractivity contribution in [3.8, 4) is 34.1 Å². The van der Waals surface area contributed by atoms with Gasteiger partial charge in [-0.1, -0.05) is 6.07 Å². The molecule has 0 spiro atoms. The van der Waals surface area contributed by atoms with Crippen LogP contribution in [0.25, 0.3) is 11.1 Å². The molecule has 0 saturated heterocycles. The zero-order valence-electron chi connectivity index (χ0n) is 15.6. The third-order valence-electron chi connectivity index (χ3n) is 5.52. The number of nitrogens with zero attached hydrogens (tertiary/aromatic N) is 1. The number of carbonyl (C=O) groups excluding carboxylic acids is 1. The molecule has 1 atom stereocenters. The molecule has 6 nitrogen and oxygen atoms in total. The van der Waals surface area contributed by atoms with E-state index in [9.17, 15) is 28.2 Å². The Hall–Kier alpha value is -3.10. The summed E-state index contributed by atoms with van der Waals surface area (Å²) in [6, 6.07) is 3.50. The lowest BCUT2D eigenvalue weighted by Gasteiger charge is -2.42. The summed E-state index contributed by atoms with van der Waals surface area (Å²) in [5, 5.41) is 20.8. The van der Waals surface area contributed by atoms with Crippen LogP contribution in [0.1, 0.15) is 22.7 Å². The molecule has 0 aromatic heterocycles. The SMILES string of the molecule is COc1c(O)c2c3c(c1OC)CCN(C(=O)C(F)(F)F)C3Cc1cc(O)ccc1-2. The van der Waals surface area contributed by atoms with Crippen LogP contribution in [0.2, 0.25) is 0 Å². The van der Waals surface area contributed by atoms with E-state index in [4.69, 9.17) is 9.47 Å². The largest absolute Gasteiger partial charge is 0.508 e. The molecule has 1 aliphatic heterocycles. The van der Waals surface area contributed by atoms with Crippen LogP contribution in [0.5, 0.6) is 23.0 Å². The number of benzene rings is 2. The van der Waals surface area contributed by atoms with Crippen LogP contribution in [0.4, 0.5) is 13.2 Å². The average molecular weight is 409 g/mol. The lowest BCUT2D eigenvalue weighted by atomic mass is 9.76. The average Bonchev–Trinajstić information content (AvgIpc) is 2.67. The van der Waals surface area contributed by atoms with Crippen molar-refractivity contribution in [2.45, 2.75) is 25.1 Å². The summed E-state index contributed by atoms with van der Waals surface area (Å²) < 4.78 is 50.4. The van der Waals surface area contributed by atoms with E-state index >= 15 is 0 Å². The fourth-order valence-corrected chi connectivity index (χ4v) is 4.42. The maximum Gasteiger partial charge on any atom is 0.471 e.